The van der Waals surface area contributed by atoms with Gasteiger partial charge in [0, 0.05) is 12.4 Å². The summed E-state index contributed by atoms with van der Waals surface area (Å²) in [7, 11) is 0. The van der Waals surface area contributed by atoms with Crippen molar-refractivity contribution in [2.24, 2.45) is 0 Å². The molecule has 1 aromatic heterocycles. The SMILES string of the molecule is C[Si](Cl)(Cl)c1cccnc1. The molecule has 0 radical (unpaired) electrons. The van der Waals surface area contributed by atoms with Crippen LogP contribution in [-0.2, 0) is 0 Å². The lowest BCUT2D eigenvalue weighted by Crippen LogP contribution is -2.32. The van der Waals surface area contributed by atoms with E-state index < -0.39 is 6.69 Å². The van der Waals surface area contributed by atoms with Crippen molar-refractivity contribution < 1.29 is 0 Å². The van der Waals surface area contributed by atoms with Gasteiger partial charge in [0.2, 0.25) is 0 Å². The Morgan fingerprint density at radius 3 is 2.50 bits per heavy atom. The van der Waals surface area contributed by atoms with Crippen molar-refractivity contribution in [2.75, 3.05) is 0 Å². The molecule has 1 rings (SSSR count). The molecule has 1 nitrogen and oxygen atoms in total. The molecule has 4 heteroatoms. The second-order valence-electron chi connectivity index (χ2n) is 2.13. The highest BCUT2D eigenvalue weighted by Crippen LogP contribution is 2.12. The van der Waals surface area contributed by atoms with Crippen molar-refractivity contribution in [3.8, 4) is 0 Å². The van der Waals surface area contributed by atoms with Crippen LogP contribution in [0.3, 0.4) is 0 Å². The Morgan fingerprint density at radius 2 is 2.20 bits per heavy atom. The summed E-state index contributed by atoms with van der Waals surface area (Å²) in [6, 6.07) is 3.74. The van der Waals surface area contributed by atoms with Gasteiger partial charge in [-0.1, -0.05) is 6.07 Å². The molecule has 0 atom stereocenters. The van der Waals surface area contributed by atoms with E-state index in [4.69, 9.17) is 22.2 Å². The minimum Gasteiger partial charge on any atom is -0.265 e. The van der Waals surface area contributed by atoms with Gasteiger partial charge in [-0.2, -0.15) is 0 Å². The van der Waals surface area contributed by atoms with E-state index in [0.29, 0.717) is 0 Å². The molecule has 0 aliphatic rings. The minimum absolute atomic E-state index is 0.957. The smallest absolute Gasteiger partial charge is 0.265 e. The van der Waals surface area contributed by atoms with Gasteiger partial charge in [-0.3, -0.25) is 4.98 Å². The van der Waals surface area contributed by atoms with Crippen molar-refractivity contribution in [3.05, 3.63) is 24.5 Å². The largest absolute Gasteiger partial charge is 0.279 e. The van der Waals surface area contributed by atoms with E-state index in [-0.39, 0.29) is 0 Å². The summed E-state index contributed by atoms with van der Waals surface area (Å²) in [5.41, 5.74) is 0. The zero-order valence-corrected chi connectivity index (χ0v) is 8.02. The molecule has 1 heterocycles. The lowest BCUT2D eigenvalue weighted by molar-refractivity contribution is 1.35. The van der Waals surface area contributed by atoms with Crippen LogP contribution in [0.1, 0.15) is 0 Å². The van der Waals surface area contributed by atoms with Crippen LogP contribution in [0.5, 0.6) is 0 Å². The minimum atomic E-state index is -2.15. The van der Waals surface area contributed by atoms with Crippen molar-refractivity contribution in [3.63, 3.8) is 0 Å². The molecule has 0 bridgehead atoms. The van der Waals surface area contributed by atoms with Gasteiger partial charge in [0.05, 0.1) is 0 Å². The van der Waals surface area contributed by atoms with Crippen LogP contribution >= 0.6 is 22.2 Å². The van der Waals surface area contributed by atoms with Crippen molar-refractivity contribution >= 4 is 34.0 Å². The number of pyridine rings is 1. The number of nitrogens with zero attached hydrogens (tertiary/aromatic N) is 1. The summed E-state index contributed by atoms with van der Waals surface area (Å²) < 4.78 is 0. The van der Waals surface area contributed by atoms with Crippen LogP contribution in [-0.4, -0.2) is 11.7 Å². The van der Waals surface area contributed by atoms with Gasteiger partial charge in [-0.05, 0) is 17.8 Å². The summed E-state index contributed by atoms with van der Waals surface area (Å²) in [4.78, 5) is 3.92. The van der Waals surface area contributed by atoms with Crippen LogP contribution < -0.4 is 5.19 Å². The molecule has 0 amide bonds. The average Bonchev–Trinajstić information content (AvgIpc) is 1.88. The molecule has 0 saturated heterocycles. The maximum Gasteiger partial charge on any atom is 0.279 e. The molecule has 1 aromatic rings. The molecule has 0 N–H and O–H groups in total. The Bertz CT molecular complexity index is 207. The molecule has 0 aliphatic carbocycles. The first-order valence-corrected chi connectivity index (χ1v) is 7.41. The van der Waals surface area contributed by atoms with Crippen LogP contribution in [0.15, 0.2) is 24.5 Å². The maximum atomic E-state index is 5.92. The monoisotopic (exact) mass is 191 g/mol. The molecule has 0 fully saturated rings. The first-order valence-electron chi connectivity index (χ1n) is 2.89. The maximum absolute atomic E-state index is 5.92. The zero-order valence-electron chi connectivity index (χ0n) is 5.51. The fourth-order valence-corrected chi connectivity index (χ4v) is 1.98. The van der Waals surface area contributed by atoms with Gasteiger partial charge >= 0.3 is 0 Å². The number of hydrogen-bond acceptors (Lipinski definition) is 1. The topological polar surface area (TPSA) is 12.9 Å². The van der Waals surface area contributed by atoms with E-state index in [1.54, 1.807) is 12.4 Å². The van der Waals surface area contributed by atoms with Gasteiger partial charge in [0.25, 0.3) is 6.69 Å². The molecular weight excluding hydrogens is 185 g/mol. The standard InChI is InChI=1S/C6H7Cl2NSi/c1-10(7,8)6-3-2-4-9-5-6/h2-5H,1H3. The summed E-state index contributed by atoms with van der Waals surface area (Å²) in [5, 5.41) is 0.957. The Morgan fingerprint density at radius 1 is 1.50 bits per heavy atom. The predicted octanol–water partition coefficient (Wildman–Crippen LogP) is 1.84. The fourth-order valence-electron chi connectivity index (χ4n) is 0.622. The number of aromatic nitrogens is 1. The fraction of sp³-hybridized carbons (Fsp3) is 0.167. The van der Waals surface area contributed by atoms with E-state index in [9.17, 15) is 0 Å². The number of halogens is 2. The third-order valence-corrected chi connectivity index (χ3v) is 3.79. The molecule has 0 aromatic carbocycles. The Labute approximate surface area is 70.4 Å². The van der Waals surface area contributed by atoms with Crippen molar-refractivity contribution in [2.45, 2.75) is 6.55 Å². The van der Waals surface area contributed by atoms with Crippen LogP contribution in [0.4, 0.5) is 0 Å². The lowest BCUT2D eigenvalue weighted by atomic mass is 10.5. The molecule has 10 heavy (non-hydrogen) atoms. The van der Waals surface area contributed by atoms with Crippen molar-refractivity contribution in [1.29, 1.82) is 0 Å². The number of hydrogen-bond donors (Lipinski definition) is 0. The van der Waals surface area contributed by atoms with Gasteiger partial charge in [-0.25, -0.2) is 0 Å². The second-order valence-corrected chi connectivity index (χ2v) is 9.60. The van der Waals surface area contributed by atoms with Gasteiger partial charge in [-0.15, -0.1) is 22.2 Å². The van der Waals surface area contributed by atoms with Crippen LogP contribution in [0, 0.1) is 0 Å². The molecule has 0 aliphatic heterocycles. The predicted molar refractivity (Wildman–Crippen MR) is 47.2 cm³/mol. The van der Waals surface area contributed by atoms with E-state index in [1.165, 1.54) is 0 Å². The molecule has 0 saturated carbocycles. The molecule has 54 valence electrons. The highest BCUT2D eigenvalue weighted by molar-refractivity contribution is 7.50. The van der Waals surface area contributed by atoms with E-state index in [2.05, 4.69) is 4.98 Å². The summed E-state index contributed by atoms with van der Waals surface area (Å²) in [6.07, 6.45) is 3.42. The quantitative estimate of drug-likeness (QED) is 0.488. The lowest BCUT2D eigenvalue weighted by Gasteiger charge is -2.08. The Balaban J connectivity index is 2.97. The van der Waals surface area contributed by atoms with Crippen LogP contribution in [0.2, 0.25) is 6.55 Å². The van der Waals surface area contributed by atoms with E-state index in [0.717, 1.165) is 5.19 Å². The third-order valence-electron chi connectivity index (χ3n) is 1.17. The highest BCUT2D eigenvalue weighted by Gasteiger charge is 2.23. The molecule has 0 unspecified atom stereocenters. The average molecular weight is 192 g/mol. The van der Waals surface area contributed by atoms with Crippen molar-refractivity contribution in [1.82, 2.24) is 4.98 Å². The normalized spacial score (nSPS) is 11.5. The third kappa shape index (κ3) is 1.97. The van der Waals surface area contributed by atoms with Gasteiger partial charge < -0.3 is 0 Å². The highest BCUT2D eigenvalue weighted by atomic mass is 35.7. The molecule has 0 spiro atoms. The van der Waals surface area contributed by atoms with Crippen LogP contribution in [0.25, 0.3) is 0 Å². The van der Waals surface area contributed by atoms with E-state index >= 15 is 0 Å². The van der Waals surface area contributed by atoms with Gasteiger partial charge in [0.1, 0.15) is 0 Å². The zero-order chi connectivity index (χ0) is 7.61. The summed E-state index contributed by atoms with van der Waals surface area (Å²) in [5.74, 6) is 0. The summed E-state index contributed by atoms with van der Waals surface area (Å²) in [6.45, 7) is -0.297. The van der Waals surface area contributed by atoms with Gasteiger partial charge in [0.15, 0.2) is 0 Å². The second kappa shape index (κ2) is 2.90. The number of rotatable bonds is 1. The first kappa shape index (κ1) is 8.05. The summed E-state index contributed by atoms with van der Waals surface area (Å²) >= 11 is 11.8. The first-order chi connectivity index (χ1) is 4.61. The Hall–Kier alpha value is -0.0531. The van der Waals surface area contributed by atoms with E-state index in [1.807, 2.05) is 18.7 Å². The molecular formula is C6H7Cl2NSi. The Kier molecular flexibility index (Phi) is 2.34.